The van der Waals surface area contributed by atoms with Crippen molar-refractivity contribution in [3.63, 3.8) is 0 Å². The number of rotatable bonds is 5. The van der Waals surface area contributed by atoms with Gasteiger partial charge in [-0.3, -0.25) is 0 Å². The average Bonchev–Trinajstić information content (AvgIpc) is 2.61. The Kier molecular flexibility index (Phi) is 6.42. The highest BCUT2D eigenvalue weighted by Gasteiger charge is 2.00. The van der Waals surface area contributed by atoms with Gasteiger partial charge in [0.25, 0.3) is 0 Å². The number of ether oxygens (including phenoxy) is 2. The third kappa shape index (κ3) is 6.06. The van der Waals surface area contributed by atoms with Crippen LogP contribution in [0.3, 0.4) is 0 Å². The molecule has 6 nitrogen and oxygen atoms in total. The summed E-state index contributed by atoms with van der Waals surface area (Å²) in [6.07, 6.45) is 3.22. The number of hydrogen-bond donors (Lipinski definition) is 1. The number of carbonyl (C=O) groups is 1. The Bertz CT molecular complexity index is 676. The van der Waals surface area contributed by atoms with Crippen LogP contribution in [-0.2, 0) is 11.3 Å². The molecule has 0 spiro atoms. The second kappa shape index (κ2) is 9.05. The molecule has 1 aromatic heterocycles. The quantitative estimate of drug-likeness (QED) is 0.676. The van der Waals surface area contributed by atoms with Crippen LogP contribution in [0.5, 0.6) is 6.01 Å². The van der Waals surface area contributed by atoms with Gasteiger partial charge in [-0.1, -0.05) is 42.2 Å². The van der Waals surface area contributed by atoms with Gasteiger partial charge in [0.1, 0.15) is 6.61 Å². The molecule has 0 unspecified atom stereocenters. The Balaban J connectivity index is 1.65. The Labute approximate surface area is 134 Å². The molecule has 0 saturated heterocycles. The fourth-order valence-corrected chi connectivity index (χ4v) is 1.65. The molecule has 0 aliphatic heterocycles. The molecule has 1 aromatic carbocycles. The lowest BCUT2D eigenvalue weighted by Gasteiger charge is -2.05. The highest BCUT2D eigenvalue weighted by atomic mass is 16.5. The zero-order valence-corrected chi connectivity index (χ0v) is 12.8. The largest absolute Gasteiger partial charge is 0.467 e. The predicted molar refractivity (Wildman–Crippen MR) is 84.7 cm³/mol. The number of amides is 1. The lowest BCUT2D eigenvalue weighted by Crippen LogP contribution is -2.24. The van der Waals surface area contributed by atoms with Gasteiger partial charge in [0.2, 0.25) is 0 Å². The summed E-state index contributed by atoms with van der Waals surface area (Å²) in [4.78, 5) is 19.4. The number of methoxy groups -OCH3 is 1. The number of nitrogens with one attached hydrogen (secondary N) is 1. The molecule has 0 aliphatic carbocycles. The first-order chi connectivity index (χ1) is 11.3. The zero-order chi connectivity index (χ0) is 16.3. The van der Waals surface area contributed by atoms with Crippen molar-refractivity contribution in [1.29, 1.82) is 0 Å². The number of benzene rings is 1. The molecular weight excluding hydrogens is 294 g/mol. The molecule has 0 bridgehead atoms. The molecule has 0 saturated carbocycles. The number of nitrogens with zero attached hydrogens (tertiary/aromatic N) is 2. The normalized spacial score (nSPS) is 9.43. The smallest absolute Gasteiger partial charge is 0.407 e. The van der Waals surface area contributed by atoms with Crippen LogP contribution in [0.15, 0.2) is 42.7 Å². The summed E-state index contributed by atoms with van der Waals surface area (Å²) in [6, 6.07) is 9.81. The molecule has 1 N–H and O–H groups in total. The van der Waals surface area contributed by atoms with E-state index in [9.17, 15) is 4.79 Å². The summed E-state index contributed by atoms with van der Waals surface area (Å²) in [5.41, 5.74) is 1.64. The SMILES string of the molecule is COc1ncc(C#CCCNC(=O)OCc2ccccc2)cn1. The van der Waals surface area contributed by atoms with E-state index < -0.39 is 6.09 Å². The molecule has 2 aromatic rings. The van der Waals surface area contributed by atoms with E-state index in [0.29, 0.717) is 24.5 Å². The molecule has 6 heteroatoms. The molecule has 23 heavy (non-hydrogen) atoms. The van der Waals surface area contributed by atoms with Crippen LogP contribution in [0, 0.1) is 11.8 Å². The van der Waals surface area contributed by atoms with Crippen molar-refractivity contribution in [3.8, 4) is 17.9 Å². The third-order valence-corrected chi connectivity index (χ3v) is 2.78. The lowest BCUT2D eigenvalue weighted by atomic mass is 10.2. The van der Waals surface area contributed by atoms with Gasteiger partial charge in [0.05, 0.1) is 12.7 Å². The van der Waals surface area contributed by atoms with Crippen molar-refractivity contribution in [2.75, 3.05) is 13.7 Å². The minimum Gasteiger partial charge on any atom is -0.467 e. The van der Waals surface area contributed by atoms with Gasteiger partial charge in [-0.15, -0.1) is 0 Å². The van der Waals surface area contributed by atoms with Crippen LogP contribution >= 0.6 is 0 Å². The van der Waals surface area contributed by atoms with E-state index in [4.69, 9.17) is 9.47 Å². The van der Waals surface area contributed by atoms with Gasteiger partial charge >= 0.3 is 12.1 Å². The van der Waals surface area contributed by atoms with Crippen LogP contribution in [0.1, 0.15) is 17.5 Å². The van der Waals surface area contributed by atoms with Crippen molar-refractivity contribution in [1.82, 2.24) is 15.3 Å². The number of alkyl carbamates (subject to hydrolysis) is 1. The van der Waals surface area contributed by atoms with E-state index in [-0.39, 0.29) is 6.61 Å². The summed E-state index contributed by atoms with van der Waals surface area (Å²) in [7, 11) is 1.50. The standard InChI is InChI=1S/C17H17N3O3/c1-22-16-19-11-15(12-20-16)9-5-6-10-18-17(21)23-13-14-7-3-2-4-8-14/h2-4,7-8,11-12H,6,10,13H2,1H3,(H,18,21). The average molecular weight is 311 g/mol. The molecule has 1 heterocycles. The predicted octanol–water partition coefficient (Wildman–Crippen LogP) is 2.15. The van der Waals surface area contributed by atoms with Gasteiger partial charge in [-0.25, -0.2) is 14.8 Å². The van der Waals surface area contributed by atoms with Crippen LogP contribution in [0.4, 0.5) is 4.79 Å². The van der Waals surface area contributed by atoms with E-state index in [1.54, 1.807) is 12.4 Å². The van der Waals surface area contributed by atoms with Crippen molar-refractivity contribution in [2.24, 2.45) is 0 Å². The first-order valence-electron chi connectivity index (χ1n) is 7.07. The minimum absolute atomic E-state index is 0.252. The summed E-state index contributed by atoms with van der Waals surface area (Å²) in [6.45, 7) is 0.666. The van der Waals surface area contributed by atoms with Crippen molar-refractivity contribution < 1.29 is 14.3 Å². The Morgan fingerprint density at radius 1 is 1.22 bits per heavy atom. The number of hydrogen-bond acceptors (Lipinski definition) is 5. The Hall–Kier alpha value is -3.07. The molecule has 0 aliphatic rings. The van der Waals surface area contributed by atoms with Crippen LogP contribution in [0.25, 0.3) is 0 Å². The summed E-state index contributed by atoms with van der Waals surface area (Å²) in [5.74, 6) is 5.83. The highest BCUT2D eigenvalue weighted by molar-refractivity contribution is 5.67. The van der Waals surface area contributed by atoms with E-state index >= 15 is 0 Å². The third-order valence-electron chi connectivity index (χ3n) is 2.78. The molecule has 0 radical (unpaired) electrons. The highest BCUT2D eigenvalue weighted by Crippen LogP contribution is 2.01. The van der Waals surface area contributed by atoms with E-state index in [1.807, 2.05) is 30.3 Å². The van der Waals surface area contributed by atoms with Crippen molar-refractivity contribution in [3.05, 3.63) is 53.9 Å². The minimum atomic E-state index is -0.455. The molecule has 1 amide bonds. The number of aromatic nitrogens is 2. The molecule has 0 fully saturated rings. The Morgan fingerprint density at radius 3 is 2.65 bits per heavy atom. The lowest BCUT2D eigenvalue weighted by molar-refractivity contribution is 0.140. The maximum atomic E-state index is 11.5. The van der Waals surface area contributed by atoms with E-state index in [2.05, 4.69) is 27.1 Å². The Morgan fingerprint density at radius 2 is 1.96 bits per heavy atom. The topological polar surface area (TPSA) is 73.3 Å². The monoisotopic (exact) mass is 311 g/mol. The van der Waals surface area contributed by atoms with Crippen LogP contribution in [0.2, 0.25) is 0 Å². The van der Waals surface area contributed by atoms with Gasteiger partial charge < -0.3 is 14.8 Å². The van der Waals surface area contributed by atoms with Gasteiger partial charge in [-0.2, -0.15) is 0 Å². The summed E-state index contributed by atoms with van der Waals surface area (Å²) < 4.78 is 9.95. The molecule has 2 rings (SSSR count). The summed E-state index contributed by atoms with van der Waals surface area (Å²) >= 11 is 0. The molecular formula is C17H17N3O3. The van der Waals surface area contributed by atoms with Gasteiger partial charge in [0.15, 0.2) is 0 Å². The zero-order valence-electron chi connectivity index (χ0n) is 12.8. The summed E-state index contributed by atoms with van der Waals surface area (Å²) in [5, 5.41) is 2.64. The fourth-order valence-electron chi connectivity index (χ4n) is 1.65. The van der Waals surface area contributed by atoms with Crippen LogP contribution < -0.4 is 10.1 Å². The maximum absolute atomic E-state index is 11.5. The van der Waals surface area contributed by atoms with E-state index in [0.717, 1.165) is 5.56 Å². The first-order valence-corrected chi connectivity index (χ1v) is 7.07. The second-order valence-electron chi connectivity index (χ2n) is 4.50. The van der Waals surface area contributed by atoms with Gasteiger partial charge in [-0.05, 0) is 5.56 Å². The van der Waals surface area contributed by atoms with Crippen molar-refractivity contribution in [2.45, 2.75) is 13.0 Å². The van der Waals surface area contributed by atoms with Gasteiger partial charge in [0, 0.05) is 25.4 Å². The van der Waals surface area contributed by atoms with Crippen LogP contribution in [-0.4, -0.2) is 29.7 Å². The van der Waals surface area contributed by atoms with Crippen molar-refractivity contribution >= 4 is 6.09 Å². The van der Waals surface area contributed by atoms with E-state index in [1.165, 1.54) is 7.11 Å². The first kappa shape index (κ1) is 16.3. The molecule has 0 atom stereocenters. The maximum Gasteiger partial charge on any atom is 0.407 e. The molecule has 118 valence electrons. The number of carbonyl (C=O) groups excluding carboxylic acids is 1. The fraction of sp³-hybridized carbons (Fsp3) is 0.235. The second-order valence-corrected chi connectivity index (χ2v) is 4.50.